The number of nitrogens with one attached hydrogen (secondary N) is 2. The summed E-state index contributed by atoms with van der Waals surface area (Å²) in [6.07, 6.45) is 1.06. The highest BCUT2D eigenvalue weighted by Crippen LogP contribution is 2.27. The van der Waals surface area contributed by atoms with Crippen LogP contribution in [0, 0.1) is 0 Å². The van der Waals surface area contributed by atoms with Crippen LogP contribution in [0.25, 0.3) is 0 Å². The molecule has 1 unspecified atom stereocenters. The molecule has 3 amide bonds. The normalized spacial score (nSPS) is 14.3. The third-order valence-electron chi connectivity index (χ3n) is 4.40. The number of carbonyl (C=O) groups excluding carboxylic acids is 2. The van der Waals surface area contributed by atoms with Gasteiger partial charge in [-0.1, -0.05) is 30.3 Å². The summed E-state index contributed by atoms with van der Waals surface area (Å²) in [7, 11) is 0. The van der Waals surface area contributed by atoms with Crippen LogP contribution >= 0.6 is 0 Å². The minimum Gasteiger partial charge on any atom is -0.338 e. The SMILES string of the molecule is CC(N)CC(=O)N1CCc2c(cccc2NC(=O)Nc2ccccc2)C1. The summed E-state index contributed by atoms with van der Waals surface area (Å²) in [6.45, 7) is 3.03. The van der Waals surface area contributed by atoms with E-state index >= 15 is 0 Å². The number of anilines is 2. The Hall–Kier alpha value is -2.86. The van der Waals surface area contributed by atoms with E-state index in [0.717, 1.165) is 22.5 Å². The summed E-state index contributed by atoms with van der Waals surface area (Å²) in [5.74, 6) is 0.0748. The Labute approximate surface area is 153 Å². The predicted octanol–water partition coefficient (Wildman–Crippen LogP) is 2.95. The molecule has 1 aliphatic heterocycles. The molecule has 0 radical (unpaired) electrons. The van der Waals surface area contributed by atoms with Gasteiger partial charge in [0.25, 0.3) is 0 Å². The van der Waals surface area contributed by atoms with Crippen molar-refractivity contribution in [3.8, 4) is 0 Å². The number of hydrogen-bond acceptors (Lipinski definition) is 3. The molecule has 3 rings (SSSR count). The third-order valence-corrected chi connectivity index (χ3v) is 4.40. The summed E-state index contributed by atoms with van der Waals surface area (Å²) in [5.41, 5.74) is 9.41. The molecule has 1 atom stereocenters. The van der Waals surface area contributed by atoms with E-state index < -0.39 is 0 Å². The Morgan fingerprint density at radius 2 is 1.88 bits per heavy atom. The minimum atomic E-state index is -0.278. The minimum absolute atomic E-state index is 0.0748. The Bertz CT molecular complexity index is 790. The molecule has 1 heterocycles. The maximum Gasteiger partial charge on any atom is 0.323 e. The van der Waals surface area contributed by atoms with E-state index in [1.54, 1.807) is 0 Å². The molecule has 6 nitrogen and oxygen atoms in total. The lowest BCUT2D eigenvalue weighted by Crippen LogP contribution is -2.38. The lowest BCUT2D eigenvalue weighted by atomic mass is 9.97. The van der Waals surface area contributed by atoms with Gasteiger partial charge in [-0.2, -0.15) is 0 Å². The topological polar surface area (TPSA) is 87.5 Å². The second kappa shape index (κ2) is 8.01. The first-order valence-corrected chi connectivity index (χ1v) is 8.80. The van der Waals surface area contributed by atoms with Crippen LogP contribution in [0.4, 0.5) is 16.2 Å². The van der Waals surface area contributed by atoms with Gasteiger partial charge in [0.15, 0.2) is 0 Å². The van der Waals surface area contributed by atoms with Crippen molar-refractivity contribution in [1.29, 1.82) is 0 Å². The van der Waals surface area contributed by atoms with E-state index in [4.69, 9.17) is 5.73 Å². The number of nitrogens with two attached hydrogens (primary N) is 1. The highest BCUT2D eigenvalue weighted by molar-refractivity contribution is 6.00. The number of nitrogens with zero attached hydrogens (tertiary/aromatic N) is 1. The first kappa shape index (κ1) is 17.9. The van der Waals surface area contributed by atoms with Crippen LogP contribution in [0.3, 0.4) is 0 Å². The number of urea groups is 1. The Kier molecular flexibility index (Phi) is 5.53. The van der Waals surface area contributed by atoms with Gasteiger partial charge in [-0.3, -0.25) is 4.79 Å². The lowest BCUT2D eigenvalue weighted by Gasteiger charge is -2.30. The first-order valence-electron chi connectivity index (χ1n) is 8.80. The van der Waals surface area contributed by atoms with Crippen molar-refractivity contribution in [2.45, 2.75) is 32.4 Å². The first-order chi connectivity index (χ1) is 12.5. The van der Waals surface area contributed by atoms with E-state index in [2.05, 4.69) is 10.6 Å². The summed E-state index contributed by atoms with van der Waals surface area (Å²) >= 11 is 0. The lowest BCUT2D eigenvalue weighted by molar-refractivity contribution is -0.132. The molecule has 0 aliphatic carbocycles. The Morgan fingerprint density at radius 3 is 2.62 bits per heavy atom. The summed E-state index contributed by atoms with van der Waals surface area (Å²) in [5, 5.41) is 5.74. The largest absolute Gasteiger partial charge is 0.338 e. The van der Waals surface area contributed by atoms with Crippen molar-refractivity contribution in [1.82, 2.24) is 4.90 Å². The van der Waals surface area contributed by atoms with Crippen molar-refractivity contribution in [2.24, 2.45) is 5.73 Å². The van der Waals surface area contributed by atoms with E-state index in [0.29, 0.717) is 25.9 Å². The molecule has 2 aromatic rings. The molecular formula is C20H24N4O2. The molecule has 1 aliphatic rings. The van der Waals surface area contributed by atoms with Crippen molar-refractivity contribution < 1.29 is 9.59 Å². The van der Waals surface area contributed by atoms with Gasteiger partial charge in [0.05, 0.1) is 0 Å². The monoisotopic (exact) mass is 352 g/mol. The smallest absolute Gasteiger partial charge is 0.323 e. The number of para-hydroxylation sites is 1. The van der Waals surface area contributed by atoms with Crippen LogP contribution in [0.2, 0.25) is 0 Å². The second-order valence-corrected chi connectivity index (χ2v) is 6.64. The molecule has 0 fully saturated rings. The Morgan fingerprint density at radius 1 is 1.12 bits per heavy atom. The van der Waals surface area contributed by atoms with Gasteiger partial charge >= 0.3 is 6.03 Å². The standard InChI is InChI=1S/C20H24N4O2/c1-14(21)12-19(25)24-11-10-17-15(13-24)6-5-9-18(17)23-20(26)22-16-7-3-2-4-8-16/h2-9,14H,10-13,21H2,1H3,(H2,22,23,26). The highest BCUT2D eigenvalue weighted by Gasteiger charge is 2.23. The van der Waals surface area contributed by atoms with E-state index in [9.17, 15) is 9.59 Å². The van der Waals surface area contributed by atoms with Crippen LogP contribution in [0.5, 0.6) is 0 Å². The van der Waals surface area contributed by atoms with Crippen LogP contribution in [-0.4, -0.2) is 29.4 Å². The van der Waals surface area contributed by atoms with Gasteiger partial charge < -0.3 is 21.3 Å². The maximum atomic E-state index is 12.3. The average molecular weight is 352 g/mol. The zero-order valence-electron chi connectivity index (χ0n) is 14.9. The number of hydrogen-bond donors (Lipinski definition) is 3. The molecule has 0 saturated heterocycles. The zero-order valence-corrected chi connectivity index (χ0v) is 14.9. The fourth-order valence-electron chi connectivity index (χ4n) is 3.15. The molecule has 0 bridgehead atoms. The number of carbonyl (C=O) groups is 2. The van der Waals surface area contributed by atoms with E-state index in [1.165, 1.54) is 0 Å². The average Bonchev–Trinajstić information content (AvgIpc) is 2.61. The van der Waals surface area contributed by atoms with Gasteiger partial charge in [0.1, 0.15) is 0 Å². The van der Waals surface area contributed by atoms with Crippen molar-refractivity contribution in [3.05, 3.63) is 59.7 Å². The number of benzene rings is 2. The number of fused-ring (bicyclic) bond motifs is 1. The van der Waals surface area contributed by atoms with Gasteiger partial charge in [0, 0.05) is 36.9 Å². The van der Waals surface area contributed by atoms with Crippen LogP contribution in [-0.2, 0) is 17.8 Å². The van der Waals surface area contributed by atoms with Gasteiger partial charge in [0.2, 0.25) is 5.91 Å². The van der Waals surface area contributed by atoms with Gasteiger partial charge in [-0.05, 0) is 42.7 Å². The van der Waals surface area contributed by atoms with Crippen LogP contribution in [0.1, 0.15) is 24.5 Å². The molecule has 0 spiro atoms. The molecular weight excluding hydrogens is 328 g/mol. The zero-order chi connectivity index (χ0) is 18.5. The van der Waals surface area contributed by atoms with E-state index in [-0.39, 0.29) is 18.0 Å². The molecule has 6 heteroatoms. The van der Waals surface area contributed by atoms with Crippen molar-refractivity contribution >= 4 is 23.3 Å². The van der Waals surface area contributed by atoms with Gasteiger partial charge in [-0.15, -0.1) is 0 Å². The molecule has 0 aromatic heterocycles. The quantitative estimate of drug-likeness (QED) is 0.790. The maximum absolute atomic E-state index is 12.3. The van der Waals surface area contributed by atoms with Crippen LogP contribution in [0.15, 0.2) is 48.5 Å². The third kappa shape index (κ3) is 4.40. The second-order valence-electron chi connectivity index (χ2n) is 6.64. The van der Waals surface area contributed by atoms with E-state index in [1.807, 2.05) is 60.4 Å². The highest BCUT2D eigenvalue weighted by atomic mass is 16.2. The molecule has 2 aromatic carbocycles. The molecule has 136 valence electrons. The number of amides is 3. The van der Waals surface area contributed by atoms with Gasteiger partial charge in [-0.25, -0.2) is 4.79 Å². The van der Waals surface area contributed by atoms with Crippen LogP contribution < -0.4 is 16.4 Å². The predicted molar refractivity (Wildman–Crippen MR) is 103 cm³/mol. The number of rotatable bonds is 4. The summed E-state index contributed by atoms with van der Waals surface area (Å²) < 4.78 is 0. The Balaban J connectivity index is 1.68. The van der Waals surface area contributed by atoms with Crippen molar-refractivity contribution in [3.63, 3.8) is 0 Å². The molecule has 0 saturated carbocycles. The fraction of sp³-hybridized carbons (Fsp3) is 0.300. The van der Waals surface area contributed by atoms with Crippen molar-refractivity contribution in [2.75, 3.05) is 17.2 Å². The summed E-state index contributed by atoms with van der Waals surface area (Å²) in [4.78, 5) is 26.3. The fourth-order valence-corrected chi connectivity index (χ4v) is 3.15. The molecule has 4 N–H and O–H groups in total. The summed E-state index contributed by atoms with van der Waals surface area (Å²) in [6, 6.07) is 14.7. The molecule has 26 heavy (non-hydrogen) atoms.